The first-order valence-electron chi connectivity index (χ1n) is 7.65. The van der Waals surface area contributed by atoms with Gasteiger partial charge in [-0.15, -0.1) is 0 Å². The molecular weight excluding hydrogens is 256 g/mol. The number of benzene rings is 2. The third-order valence-electron chi connectivity index (χ3n) is 4.38. The van der Waals surface area contributed by atoms with E-state index in [1.807, 2.05) is 36.4 Å². The molecule has 0 amide bonds. The maximum Gasteiger partial charge on any atom is 0.160 e. The summed E-state index contributed by atoms with van der Waals surface area (Å²) in [5.41, 5.74) is 1.48. The molecule has 0 aliphatic carbocycles. The molecule has 1 aliphatic heterocycles. The lowest BCUT2D eigenvalue weighted by molar-refractivity contribution is 0.139. The van der Waals surface area contributed by atoms with Crippen LogP contribution in [0.25, 0.3) is 0 Å². The molecule has 106 valence electrons. The molecule has 2 heteroatoms. The Balaban J connectivity index is 2.16. The third kappa shape index (κ3) is 2.46. The monoisotopic (exact) mass is 276 g/mol. The second-order valence-electron chi connectivity index (χ2n) is 5.60. The molecule has 2 aromatic rings. The zero-order chi connectivity index (χ0) is 14.5. The van der Waals surface area contributed by atoms with Gasteiger partial charge in [-0.2, -0.15) is 5.26 Å². The van der Waals surface area contributed by atoms with E-state index in [0.29, 0.717) is 0 Å². The van der Waals surface area contributed by atoms with Gasteiger partial charge in [-0.1, -0.05) is 67.1 Å². The number of likely N-dealkylation sites (tertiary alicyclic amines) is 1. The molecule has 0 unspecified atom stereocenters. The Morgan fingerprint density at radius 1 is 0.762 bits per heavy atom. The number of piperidine rings is 1. The standard InChI is InChI=1S/C19H20N2/c20-16-19(17-10-4-1-5-11-17,18-12-6-2-7-13-18)21-14-8-3-9-15-21/h1-2,4-7,10-13H,3,8-9,14-15H2. The molecule has 0 bridgehead atoms. The topological polar surface area (TPSA) is 27.0 Å². The van der Waals surface area contributed by atoms with Crippen LogP contribution >= 0.6 is 0 Å². The van der Waals surface area contributed by atoms with Crippen LogP contribution in [0.4, 0.5) is 0 Å². The van der Waals surface area contributed by atoms with Crippen molar-refractivity contribution in [2.24, 2.45) is 0 Å². The van der Waals surface area contributed by atoms with Crippen molar-refractivity contribution in [2.45, 2.75) is 24.8 Å². The Hall–Kier alpha value is -2.11. The second-order valence-corrected chi connectivity index (χ2v) is 5.60. The van der Waals surface area contributed by atoms with Crippen LogP contribution in [0.15, 0.2) is 60.7 Å². The van der Waals surface area contributed by atoms with E-state index in [1.54, 1.807) is 0 Å². The average Bonchev–Trinajstić information content (AvgIpc) is 2.59. The Morgan fingerprint density at radius 2 is 1.24 bits per heavy atom. The summed E-state index contributed by atoms with van der Waals surface area (Å²) >= 11 is 0. The lowest BCUT2D eigenvalue weighted by atomic mass is 9.81. The summed E-state index contributed by atoms with van der Waals surface area (Å²) in [6.45, 7) is 1.97. The van der Waals surface area contributed by atoms with Crippen molar-refractivity contribution < 1.29 is 0 Å². The summed E-state index contributed by atoms with van der Waals surface area (Å²) in [6, 6.07) is 23.0. The summed E-state index contributed by atoms with van der Waals surface area (Å²) in [5.74, 6) is 0. The van der Waals surface area contributed by atoms with E-state index in [1.165, 1.54) is 19.3 Å². The van der Waals surface area contributed by atoms with Crippen LogP contribution in [0.5, 0.6) is 0 Å². The van der Waals surface area contributed by atoms with Gasteiger partial charge in [0, 0.05) is 13.1 Å². The molecule has 0 saturated carbocycles. The highest BCUT2D eigenvalue weighted by Crippen LogP contribution is 2.37. The van der Waals surface area contributed by atoms with Crippen molar-refractivity contribution in [3.63, 3.8) is 0 Å². The molecule has 1 heterocycles. The Bertz CT molecular complexity index is 568. The number of nitriles is 1. The summed E-state index contributed by atoms with van der Waals surface area (Å²) in [4.78, 5) is 2.35. The SMILES string of the molecule is N#CC(c1ccccc1)(c1ccccc1)N1CCCCC1. The molecule has 0 spiro atoms. The predicted molar refractivity (Wildman–Crippen MR) is 84.7 cm³/mol. The molecule has 2 nitrogen and oxygen atoms in total. The maximum atomic E-state index is 10.1. The van der Waals surface area contributed by atoms with Gasteiger partial charge < -0.3 is 0 Å². The molecule has 0 aromatic heterocycles. The minimum absolute atomic E-state index is 0.664. The largest absolute Gasteiger partial charge is 0.278 e. The second kappa shape index (κ2) is 6.11. The molecule has 0 radical (unpaired) electrons. The zero-order valence-electron chi connectivity index (χ0n) is 12.2. The average molecular weight is 276 g/mol. The molecule has 2 aromatic carbocycles. The van der Waals surface area contributed by atoms with Gasteiger partial charge in [0.15, 0.2) is 5.54 Å². The van der Waals surface area contributed by atoms with Gasteiger partial charge >= 0.3 is 0 Å². The lowest BCUT2D eigenvalue weighted by Gasteiger charge is -2.41. The quantitative estimate of drug-likeness (QED) is 0.849. The molecule has 1 saturated heterocycles. The molecule has 1 fully saturated rings. The minimum atomic E-state index is -0.664. The first kappa shape index (κ1) is 13.9. The summed E-state index contributed by atoms with van der Waals surface area (Å²) < 4.78 is 0. The van der Waals surface area contributed by atoms with Crippen molar-refractivity contribution in [2.75, 3.05) is 13.1 Å². The Kier molecular flexibility index (Phi) is 4.03. The molecule has 3 rings (SSSR count). The van der Waals surface area contributed by atoms with Crippen LogP contribution in [0.3, 0.4) is 0 Å². The van der Waals surface area contributed by atoms with E-state index >= 15 is 0 Å². The van der Waals surface area contributed by atoms with Crippen molar-refractivity contribution >= 4 is 0 Å². The van der Waals surface area contributed by atoms with Crippen LogP contribution in [0, 0.1) is 11.3 Å². The van der Waals surface area contributed by atoms with E-state index in [2.05, 4.69) is 35.2 Å². The van der Waals surface area contributed by atoms with Crippen LogP contribution in [0.1, 0.15) is 30.4 Å². The van der Waals surface area contributed by atoms with Crippen molar-refractivity contribution in [3.8, 4) is 6.07 Å². The van der Waals surface area contributed by atoms with Crippen molar-refractivity contribution in [1.82, 2.24) is 4.90 Å². The molecule has 0 atom stereocenters. The molecule has 1 aliphatic rings. The lowest BCUT2D eigenvalue weighted by Crippen LogP contribution is -2.48. The van der Waals surface area contributed by atoms with Crippen LogP contribution in [-0.2, 0) is 5.54 Å². The van der Waals surface area contributed by atoms with Gasteiger partial charge in [0.1, 0.15) is 0 Å². The first-order valence-corrected chi connectivity index (χ1v) is 7.65. The number of hydrogen-bond donors (Lipinski definition) is 0. The fourth-order valence-corrected chi connectivity index (χ4v) is 3.32. The van der Waals surface area contributed by atoms with Crippen LogP contribution in [-0.4, -0.2) is 18.0 Å². The highest BCUT2D eigenvalue weighted by atomic mass is 15.2. The van der Waals surface area contributed by atoms with Gasteiger partial charge in [-0.3, -0.25) is 4.90 Å². The van der Waals surface area contributed by atoms with Gasteiger partial charge in [0.05, 0.1) is 6.07 Å². The highest BCUT2D eigenvalue weighted by molar-refractivity contribution is 5.45. The van der Waals surface area contributed by atoms with Crippen LogP contribution in [0.2, 0.25) is 0 Å². The number of hydrogen-bond acceptors (Lipinski definition) is 2. The highest BCUT2D eigenvalue weighted by Gasteiger charge is 2.40. The fraction of sp³-hybridized carbons (Fsp3) is 0.316. The molecule has 0 N–H and O–H groups in total. The van der Waals surface area contributed by atoms with E-state index in [4.69, 9.17) is 0 Å². The van der Waals surface area contributed by atoms with Gasteiger partial charge in [-0.05, 0) is 24.0 Å². The van der Waals surface area contributed by atoms with E-state index in [0.717, 1.165) is 24.2 Å². The third-order valence-corrected chi connectivity index (χ3v) is 4.38. The Labute approximate surface area is 126 Å². The summed E-state index contributed by atoms with van der Waals surface area (Å²) in [6.07, 6.45) is 3.60. The van der Waals surface area contributed by atoms with Crippen molar-refractivity contribution in [1.29, 1.82) is 5.26 Å². The number of rotatable bonds is 3. The van der Waals surface area contributed by atoms with Crippen molar-refractivity contribution in [3.05, 3.63) is 71.8 Å². The minimum Gasteiger partial charge on any atom is -0.278 e. The molecular formula is C19H20N2. The van der Waals surface area contributed by atoms with Gasteiger partial charge in [0.2, 0.25) is 0 Å². The Morgan fingerprint density at radius 3 is 1.67 bits per heavy atom. The normalized spacial score (nSPS) is 16.3. The van der Waals surface area contributed by atoms with Gasteiger partial charge in [0.25, 0.3) is 0 Å². The predicted octanol–water partition coefficient (Wildman–Crippen LogP) is 3.94. The fourth-order valence-electron chi connectivity index (χ4n) is 3.32. The van der Waals surface area contributed by atoms with E-state index in [-0.39, 0.29) is 0 Å². The summed E-state index contributed by atoms with van der Waals surface area (Å²) in [5, 5.41) is 10.1. The van der Waals surface area contributed by atoms with E-state index in [9.17, 15) is 5.26 Å². The zero-order valence-corrected chi connectivity index (χ0v) is 12.2. The maximum absolute atomic E-state index is 10.1. The molecule has 21 heavy (non-hydrogen) atoms. The van der Waals surface area contributed by atoms with E-state index < -0.39 is 5.54 Å². The first-order chi connectivity index (χ1) is 10.4. The number of nitrogens with zero attached hydrogens (tertiary/aromatic N) is 2. The smallest absolute Gasteiger partial charge is 0.160 e. The van der Waals surface area contributed by atoms with Gasteiger partial charge in [-0.25, -0.2) is 0 Å². The summed E-state index contributed by atoms with van der Waals surface area (Å²) in [7, 11) is 0. The van der Waals surface area contributed by atoms with Crippen LogP contribution < -0.4 is 0 Å².